The molecule has 0 spiro atoms. The summed E-state index contributed by atoms with van der Waals surface area (Å²) in [6.45, 7) is 5.66. The van der Waals surface area contributed by atoms with E-state index in [1.54, 1.807) is 6.07 Å². The van der Waals surface area contributed by atoms with Crippen molar-refractivity contribution in [2.45, 2.75) is 19.0 Å². The van der Waals surface area contributed by atoms with Crippen LogP contribution in [0.25, 0.3) is 10.9 Å². The third-order valence-corrected chi connectivity index (χ3v) is 6.43. The van der Waals surface area contributed by atoms with Crippen LogP contribution < -0.4 is 11.1 Å². The average molecular weight is 476 g/mol. The van der Waals surface area contributed by atoms with E-state index in [1.807, 2.05) is 19.1 Å². The van der Waals surface area contributed by atoms with Gasteiger partial charge in [0.25, 0.3) is 0 Å². The van der Waals surface area contributed by atoms with Crippen molar-refractivity contribution in [3.05, 3.63) is 70.1 Å². The highest BCUT2D eigenvalue weighted by Gasteiger charge is 2.49. The van der Waals surface area contributed by atoms with Gasteiger partial charge in [0.05, 0.1) is 28.7 Å². The third kappa shape index (κ3) is 3.69. The van der Waals surface area contributed by atoms with Crippen molar-refractivity contribution in [3.8, 4) is 0 Å². The molecule has 1 aliphatic rings. The van der Waals surface area contributed by atoms with Gasteiger partial charge in [0, 0.05) is 22.3 Å². The first-order chi connectivity index (χ1) is 15.1. The molecular weight excluding hydrogens is 456 g/mol. The van der Waals surface area contributed by atoms with Crippen molar-refractivity contribution in [1.29, 1.82) is 0 Å². The van der Waals surface area contributed by atoms with E-state index in [2.05, 4.69) is 17.0 Å². The van der Waals surface area contributed by atoms with Gasteiger partial charge in [-0.2, -0.15) is 5.10 Å². The fourth-order valence-corrected chi connectivity index (χ4v) is 4.57. The number of nitrogens with zero attached hydrogens (tertiary/aromatic N) is 3. The largest absolute Gasteiger partial charge is 0.372 e. The number of nitrogens with two attached hydrogens (primary N) is 1. The van der Waals surface area contributed by atoms with Crippen LogP contribution in [0.15, 0.2) is 43.0 Å². The molecule has 166 valence electrons. The fraction of sp³-hybridized carbons (Fsp3) is 0.227. The molecule has 0 atom stereocenters. The third-order valence-electron chi connectivity index (χ3n) is 5.62. The number of hydrogen-bond acceptors (Lipinski definition) is 4. The molecule has 1 aliphatic heterocycles. The van der Waals surface area contributed by atoms with Crippen molar-refractivity contribution in [3.63, 3.8) is 0 Å². The predicted octanol–water partition coefficient (Wildman–Crippen LogP) is 3.61. The molecule has 1 aromatic heterocycles. The Morgan fingerprint density at radius 3 is 2.69 bits per heavy atom. The number of halogens is 3. The Labute approximate surface area is 193 Å². The van der Waals surface area contributed by atoms with Crippen molar-refractivity contribution in [1.82, 2.24) is 14.7 Å². The molecular formula is C22H20Cl2FN5O2. The lowest BCUT2D eigenvalue weighted by atomic mass is 9.81. The minimum atomic E-state index is -0.997. The Morgan fingerprint density at radius 2 is 2.03 bits per heavy atom. The van der Waals surface area contributed by atoms with Crippen molar-refractivity contribution < 1.29 is 14.0 Å². The highest BCUT2D eigenvalue weighted by molar-refractivity contribution is 6.42. The lowest BCUT2D eigenvalue weighted by Gasteiger charge is -2.51. The van der Waals surface area contributed by atoms with Crippen LogP contribution in [-0.4, -0.2) is 39.6 Å². The lowest BCUT2D eigenvalue weighted by molar-refractivity contribution is -0.132. The zero-order chi connectivity index (χ0) is 23.2. The van der Waals surface area contributed by atoms with E-state index >= 15 is 0 Å². The average Bonchev–Trinajstić information content (AvgIpc) is 3.02. The Morgan fingerprint density at radius 1 is 1.31 bits per heavy atom. The zero-order valence-electron chi connectivity index (χ0n) is 17.2. The molecule has 0 saturated carbocycles. The van der Waals surface area contributed by atoms with Crippen LogP contribution >= 0.6 is 23.2 Å². The SMILES string of the molecule is C=CC(=O)N1CC(Nc2ccc3c(C)n(CC(N)=O)nc3c2)(c2c(F)ccc(Cl)c2Cl)C1. The number of carbonyl (C=O) groups excluding carboxylic acids is 2. The minimum absolute atomic E-state index is 0.0326. The monoisotopic (exact) mass is 475 g/mol. The summed E-state index contributed by atoms with van der Waals surface area (Å²) in [5, 5.41) is 8.94. The number of amides is 2. The number of aromatic nitrogens is 2. The Balaban J connectivity index is 1.75. The van der Waals surface area contributed by atoms with E-state index in [0.717, 1.165) is 11.1 Å². The maximum absolute atomic E-state index is 14.9. The van der Waals surface area contributed by atoms with Crippen LogP contribution in [0.4, 0.5) is 10.1 Å². The number of carbonyl (C=O) groups is 2. The van der Waals surface area contributed by atoms with Crippen molar-refractivity contribution in [2.24, 2.45) is 5.73 Å². The molecule has 3 N–H and O–H groups in total. The van der Waals surface area contributed by atoms with Crippen molar-refractivity contribution >= 4 is 51.6 Å². The molecule has 0 aliphatic carbocycles. The first kappa shape index (κ1) is 22.1. The molecule has 2 aromatic carbocycles. The molecule has 10 heteroatoms. The maximum atomic E-state index is 14.9. The second kappa shape index (κ2) is 8.11. The molecule has 0 unspecified atom stereocenters. The maximum Gasteiger partial charge on any atom is 0.246 e. The summed E-state index contributed by atoms with van der Waals surface area (Å²) < 4.78 is 16.5. The first-order valence-electron chi connectivity index (χ1n) is 9.74. The van der Waals surface area contributed by atoms with Gasteiger partial charge < -0.3 is 16.0 Å². The van der Waals surface area contributed by atoms with Gasteiger partial charge in [-0.1, -0.05) is 29.8 Å². The highest BCUT2D eigenvalue weighted by atomic mass is 35.5. The summed E-state index contributed by atoms with van der Waals surface area (Å²) >= 11 is 12.6. The number of nitrogens with one attached hydrogen (secondary N) is 1. The molecule has 4 rings (SSSR count). The van der Waals surface area contributed by atoms with Gasteiger partial charge in [-0.3, -0.25) is 14.3 Å². The normalized spacial score (nSPS) is 14.8. The van der Waals surface area contributed by atoms with Gasteiger partial charge in [-0.25, -0.2) is 4.39 Å². The Bertz CT molecular complexity index is 1270. The van der Waals surface area contributed by atoms with Gasteiger partial charge >= 0.3 is 0 Å². The predicted molar refractivity (Wildman–Crippen MR) is 122 cm³/mol. The molecule has 3 aromatic rings. The van der Waals surface area contributed by atoms with Gasteiger partial charge in [-0.15, -0.1) is 0 Å². The molecule has 0 bridgehead atoms. The lowest BCUT2D eigenvalue weighted by Crippen LogP contribution is -2.65. The number of primary amides is 1. The van der Waals surface area contributed by atoms with Gasteiger partial charge in [0.2, 0.25) is 11.8 Å². The zero-order valence-corrected chi connectivity index (χ0v) is 18.7. The van der Waals surface area contributed by atoms with Crippen LogP contribution in [0.1, 0.15) is 11.3 Å². The van der Waals surface area contributed by atoms with E-state index < -0.39 is 17.3 Å². The molecule has 2 heterocycles. The summed E-state index contributed by atoms with van der Waals surface area (Å²) in [5.74, 6) is -1.29. The molecule has 1 saturated heterocycles. The van der Waals surface area contributed by atoms with E-state index in [-0.39, 0.29) is 41.2 Å². The van der Waals surface area contributed by atoms with Crippen LogP contribution in [-0.2, 0) is 21.7 Å². The number of rotatable bonds is 6. The summed E-state index contributed by atoms with van der Waals surface area (Å²) in [5.41, 5.74) is 6.57. The first-order valence-corrected chi connectivity index (χ1v) is 10.5. The van der Waals surface area contributed by atoms with Gasteiger partial charge in [-0.05, 0) is 43.3 Å². The van der Waals surface area contributed by atoms with Crippen LogP contribution in [0.3, 0.4) is 0 Å². The minimum Gasteiger partial charge on any atom is -0.372 e. The highest BCUT2D eigenvalue weighted by Crippen LogP contribution is 2.43. The van der Waals surface area contributed by atoms with Crippen LogP contribution in [0.5, 0.6) is 0 Å². The molecule has 1 fully saturated rings. The van der Waals surface area contributed by atoms with E-state index in [9.17, 15) is 14.0 Å². The number of benzene rings is 2. The van der Waals surface area contributed by atoms with E-state index in [4.69, 9.17) is 28.9 Å². The quantitative estimate of drug-likeness (QED) is 0.420. The second-order valence-electron chi connectivity index (χ2n) is 7.77. The summed E-state index contributed by atoms with van der Waals surface area (Å²) in [6.07, 6.45) is 1.21. The molecule has 2 amide bonds. The number of aryl methyl sites for hydroxylation is 1. The van der Waals surface area contributed by atoms with E-state index in [0.29, 0.717) is 11.2 Å². The number of hydrogen-bond donors (Lipinski definition) is 2. The Hall–Kier alpha value is -3.10. The number of fused-ring (bicyclic) bond motifs is 1. The van der Waals surface area contributed by atoms with Crippen molar-refractivity contribution in [2.75, 3.05) is 18.4 Å². The van der Waals surface area contributed by atoms with Gasteiger partial charge in [0.15, 0.2) is 0 Å². The van der Waals surface area contributed by atoms with E-state index in [1.165, 1.54) is 27.8 Å². The molecule has 32 heavy (non-hydrogen) atoms. The molecule has 0 radical (unpaired) electrons. The standard InChI is InChI=1S/C22H20Cl2FN5O2/c1-3-19(32)29-10-22(11-29,20-16(25)7-6-15(23)21(20)24)27-13-4-5-14-12(2)30(9-18(26)31)28-17(14)8-13/h3-8,27H,1,9-11H2,2H3,(H2,26,31). The van der Waals surface area contributed by atoms with Gasteiger partial charge in [0.1, 0.15) is 17.9 Å². The van der Waals surface area contributed by atoms with Crippen LogP contribution in [0.2, 0.25) is 10.0 Å². The smallest absolute Gasteiger partial charge is 0.246 e. The summed E-state index contributed by atoms with van der Waals surface area (Å²) in [4.78, 5) is 24.9. The number of likely N-dealkylation sites (tertiary alicyclic amines) is 1. The summed E-state index contributed by atoms with van der Waals surface area (Å²) in [7, 11) is 0. The van der Waals surface area contributed by atoms with Crippen LogP contribution in [0, 0.1) is 12.7 Å². The molecule has 7 nitrogen and oxygen atoms in total. The second-order valence-corrected chi connectivity index (χ2v) is 8.55. The number of anilines is 1. The fourth-order valence-electron chi connectivity index (χ4n) is 4.08. The summed E-state index contributed by atoms with van der Waals surface area (Å²) in [6, 6.07) is 8.11. The Kier molecular flexibility index (Phi) is 5.60. The topological polar surface area (TPSA) is 93.3 Å².